The second kappa shape index (κ2) is 12.0. The second-order valence-corrected chi connectivity index (χ2v) is 6.97. The highest BCUT2D eigenvalue weighted by Crippen LogP contribution is 2.09. The van der Waals surface area contributed by atoms with Crippen molar-refractivity contribution in [2.45, 2.75) is 78.9 Å². The van der Waals surface area contributed by atoms with Crippen molar-refractivity contribution >= 4 is 35.9 Å². The summed E-state index contributed by atoms with van der Waals surface area (Å²) in [6.45, 7) is 12.5. The number of esters is 1. The van der Waals surface area contributed by atoms with Gasteiger partial charge in [0.15, 0.2) is 5.96 Å². The molecule has 132 valence electrons. The number of carbonyl (C=O) groups excluding carboxylic acids is 1. The Morgan fingerprint density at radius 1 is 1.23 bits per heavy atom. The minimum atomic E-state index is -0.449. The van der Waals surface area contributed by atoms with Gasteiger partial charge in [0.1, 0.15) is 5.60 Å². The smallest absolute Gasteiger partial charge is 0.308 e. The van der Waals surface area contributed by atoms with E-state index in [0.29, 0.717) is 18.5 Å². The fraction of sp³-hybridized carbons (Fsp3) is 0.875. The lowest BCUT2D eigenvalue weighted by atomic mass is 10.0. The van der Waals surface area contributed by atoms with Gasteiger partial charge in [0.25, 0.3) is 0 Å². The molecule has 0 amide bonds. The summed E-state index contributed by atoms with van der Waals surface area (Å²) in [5.74, 6) is 0.886. The number of guanidine groups is 1. The van der Waals surface area contributed by atoms with E-state index in [1.807, 2.05) is 20.8 Å². The first kappa shape index (κ1) is 23.7. The molecule has 0 aliphatic heterocycles. The molecule has 6 heteroatoms. The zero-order valence-electron chi connectivity index (χ0n) is 14.9. The maximum Gasteiger partial charge on any atom is 0.308 e. The molecule has 5 nitrogen and oxygen atoms in total. The Bertz CT molecular complexity index is 339. The van der Waals surface area contributed by atoms with Crippen LogP contribution in [0.3, 0.4) is 0 Å². The highest BCUT2D eigenvalue weighted by molar-refractivity contribution is 14.0. The van der Waals surface area contributed by atoms with E-state index < -0.39 is 5.60 Å². The molecule has 3 N–H and O–H groups in total. The lowest BCUT2D eigenvalue weighted by molar-refractivity contribution is -0.154. The normalized spacial score (nSPS) is 13.5. The number of carbonyl (C=O) groups is 1. The molecule has 1 unspecified atom stereocenters. The predicted octanol–water partition coefficient (Wildman–Crippen LogP) is 3.46. The molecule has 0 radical (unpaired) electrons. The first-order valence-electron chi connectivity index (χ1n) is 7.88. The van der Waals surface area contributed by atoms with Gasteiger partial charge in [-0.15, -0.1) is 24.0 Å². The van der Waals surface area contributed by atoms with Crippen LogP contribution >= 0.6 is 24.0 Å². The lowest BCUT2D eigenvalue weighted by Gasteiger charge is -2.19. The van der Waals surface area contributed by atoms with E-state index in [2.05, 4.69) is 31.1 Å². The highest BCUT2D eigenvalue weighted by atomic mass is 127. The first-order valence-corrected chi connectivity index (χ1v) is 7.88. The Kier molecular flexibility index (Phi) is 12.9. The van der Waals surface area contributed by atoms with Crippen LogP contribution in [0, 0.1) is 5.92 Å². The summed E-state index contributed by atoms with van der Waals surface area (Å²) in [4.78, 5) is 15.7. The Balaban J connectivity index is 0. The third-order valence-electron chi connectivity index (χ3n) is 2.83. The molecule has 0 aromatic rings. The molecule has 0 aliphatic rings. The molecular weight excluding hydrogens is 393 g/mol. The second-order valence-electron chi connectivity index (χ2n) is 6.97. The third-order valence-corrected chi connectivity index (χ3v) is 2.83. The van der Waals surface area contributed by atoms with Gasteiger partial charge in [-0.05, 0) is 40.0 Å². The van der Waals surface area contributed by atoms with E-state index in [-0.39, 0.29) is 36.4 Å². The van der Waals surface area contributed by atoms with E-state index in [1.165, 1.54) is 12.8 Å². The maximum absolute atomic E-state index is 11.5. The molecule has 1 atom stereocenters. The Hall–Kier alpha value is -0.530. The van der Waals surface area contributed by atoms with Crippen molar-refractivity contribution in [3.8, 4) is 0 Å². The molecule has 0 aliphatic carbocycles. The van der Waals surface area contributed by atoms with Crippen LogP contribution < -0.4 is 11.1 Å². The van der Waals surface area contributed by atoms with Crippen molar-refractivity contribution in [2.75, 3.05) is 6.54 Å². The number of hydrogen-bond donors (Lipinski definition) is 2. The van der Waals surface area contributed by atoms with E-state index in [1.54, 1.807) is 0 Å². The number of ether oxygens (including phenoxy) is 1. The summed E-state index contributed by atoms with van der Waals surface area (Å²) in [5.41, 5.74) is 5.36. The fourth-order valence-corrected chi connectivity index (χ4v) is 1.86. The molecule has 0 bridgehead atoms. The fourth-order valence-electron chi connectivity index (χ4n) is 1.86. The zero-order chi connectivity index (χ0) is 16.5. The van der Waals surface area contributed by atoms with Crippen molar-refractivity contribution in [3.05, 3.63) is 0 Å². The van der Waals surface area contributed by atoms with Gasteiger partial charge in [-0.3, -0.25) is 9.79 Å². The van der Waals surface area contributed by atoms with Gasteiger partial charge in [-0.2, -0.15) is 0 Å². The lowest BCUT2D eigenvalue weighted by Crippen LogP contribution is -2.38. The van der Waals surface area contributed by atoms with Gasteiger partial charge in [-0.1, -0.05) is 26.7 Å². The molecule has 0 aromatic heterocycles. The van der Waals surface area contributed by atoms with Crippen LogP contribution in [0.4, 0.5) is 0 Å². The summed E-state index contributed by atoms with van der Waals surface area (Å²) < 4.78 is 5.21. The number of halogens is 1. The average Bonchev–Trinajstić information content (AvgIpc) is 2.25. The van der Waals surface area contributed by atoms with Crippen LogP contribution in [0.2, 0.25) is 0 Å². The quantitative estimate of drug-likeness (QED) is 0.269. The van der Waals surface area contributed by atoms with Crippen molar-refractivity contribution < 1.29 is 9.53 Å². The first-order chi connectivity index (χ1) is 9.60. The topological polar surface area (TPSA) is 76.7 Å². The summed E-state index contributed by atoms with van der Waals surface area (Å²) >= 11 is 0. The minimum Gasteiger partial charge on any atom is -0.460 e. The van der Waals surface area contributed by atoms with Crippen LogP contribution in [-0.2, 0) is 9.53 Å². The standard InChI is InChI=1S/C16H33N3O2.HI/c1-12(2)8-7-9-13(3)19-15(17)18-11-10-14(20)21-16(4,5)6;/h12-13H,7-11H2,1-6H3,(H3,17,18,19);1H. The highest BCUT2D eigenvalue weighted by Gasteiger charge is 2.15. The number of rotatable bonds is 8. The minimum absolute atomic E-state index is 0. The van der Waals surface area contributed by atoms with Gasteiger partial charge in [0.05, 0.1) is 13.0 Å². The Labute approximate surface area is 152 Å². The maximum atomic E-state index is 11.5. The van der Waals surface area contributed by atoms with Crippen molar-refractivity contribution in [3.63, 3.8) is 0 Å². The van der Waals surface area contributed by atoms with E-state index in [9.17, 15) is 4.79 Å². The number of nitrogens with two attached hydrogens (primary N) is 1. The number of hydrogen-bond acceptors (Lipinski definition) is 3. The van der Waals surface area contributed by atoms with Crippen molar-refractivity contribution in [2.24, 2.45) is 16.6 Å². The van der Waals surface area contributed by atoms with Crippen LogP contribution in [0.1, 0.15) is 67.2 Å². The summed E-state index contributed by atoms with van der Waals surface area (Å²) in [5, 5.41) is 3.15. The Morgan fingerprint density at radius 2 is 1.82 bits per heavy atom. The molecule has 22 heavy (non-hydrogen) atoms. The molecule has 0 aromatic carbocycles. The number of nitrogens with zero attached hydrogens (tertiary/aromatic N) is 1. The molecule has 0 saturated carbocycles. The summed E-state index contributed by atoms with van der Waals surface area (Å²) in [7, 11) is 0. The average molecular weight is 427 g/mol. The van der Waals surface area contributed by atoms with E-state index >= 15 is 0 Å². The molecule has 0 heterocycles. The molecule has 0 rings (SSSR count). The van der Waals surface area contributed by atoms with Crippen LogP contribution in [0.5, 0.6) is 0 Å². The summed E-state index contributed by atoms with van der Waals surface area (Å²) in [6.07, 6.45) is 3.72. The molecule has 0 fully saturated rings. The van der Waals surface area contributed by atoms with Crippen molar-refractivity contribution in [1.29, 1.82) is 0 Å². The van der Waals surface area contributed by atoms with Gasteiger partial charge in [0.2, 0.25) is 0 Å². The number of nitrogens with one attached hydrogen (secondary N) is 1. The molecule has 0 spiro atoms. The number of aliphatic imine (C=N–C) groups is 1. The van der Waals surface area contributed by atoms with Crippen molar-refractivity contribution in [1.82, 2.24) is 5.32 Å². The summed E-state index contributed by atoms with van der Waals surface area (Å²) in [6, 6.07) is 0.300. The molecule has 0 saturated heterocycles. The van der Waals surface area contributed by atoms with Crippen LogP contribution in [0.15, 0.2) is 4.99 Å². The molecular formula is C16H34IN3O2. The Morgan fingerprint density at radius 3 is 2.32 bits per heavy atom. The van der Waals surface area contributed by atoms with Crippen LogP contribution in [0.25, 0.3) is 0 Å². The van der Waals surface area contributed by atoms with Gasteiger partial charge >= 0.3 is 5.97 Å². The van der Waals surface area contributed by atoms with Crippen LogP contribution in [-0.4, -0.2) is 30.1 Å². The zero-order valence-corrected chi connectivity index (χ0v) is 17.3. The van der Waals surface area contributed by atoms with E-state index in [0.717, 1.165) is 12.3 Å². The SMILES string of the molecule is CC(C)CCCC(C)NC(N)=NCCC(=O)OC(C)(C)C.I. The largest absolute Gasteiger partial charge is 0.460 e. The third kappa shape index (κ3) is 15.9. The van der Waals surface area contributed by atoms with E-state index in [4.69, 9.17) is 10.5 Å². The predicted molar refractivity (Wildman–Crippen MR) is 104 cm³/mol. The van der Waals surface area contributed by atoms with Gasteiger partial charge in [-0.25, -0.2) is 0 Å². The van der Waals surface area contributed by atoms with Gasteiger partial charge < -0.3 is 15.8 Å². The van der Waals surface area contributed by atoms with Gasteiger partial charge in [0, 0.05) is 6.04 Å². The monoisotopic (exact) mass is 427 g/mol.